The van der Waals surface area contributed by atoms with Crippen molar-refractivity contribution in [3.8, 4) is 0 Å². The number of aromatic nitrogens is 4. The molecule has 2 aromatic rings. The van der Waals surface area contributed by atoms with Gasteiger partial charge in [-0.1, -0.05) is 0 Å². The quantitative estimate of drug-likeness (QED) is 0.775. The Kier molecular flexibility index (Phi) is 5.18. The summed E-state index contributed by atoms with van der Waals surface area (Å²) in [6, 6.07) is 2.19. The van der Waals surface area contributed by atoms with Crippen molar-refractivity contribution in [2.24, 2.45) is 0 Å². The van der Waals surface area contributed by atoms with Gasteiger partial charge < -0.3 is 20.2 Å². The molecule has 8 heteroatoms. The lowest BCUT2D eigenvalue weighted by Crippen LogP contribution is -2.38. The molecule has 1 fully saturated rings. The van der Waals surface area contributed by atoms with Crippen LogP contribution in [-0.2, 0) is 19.4 Å². The van der Waals surface area contributed by atoms with E-state index < -0.39 is 0 Å². The maximum Gasteiger partial charge on any atom is 0.147 e. The molecule has 27 heavy (non-hydrogen) atoms. The van der Waals surface area contributed by atoms with Gasteiger partial charge in [0.05, 0.1) is 12.6 Å². The van der Waals surface area contributed by atoms with Crippen molar-refractivity contribution in [3.63, 3.8) is 0 Å². The fourth-order valence-corrected chi connectivity index (χ4v) is 3.98. The van der Waals surface area contributed by atoms with Crippen molar-refractivity contribution in [3.05, 3.63) is 35.7 Å². The number of aryl methyl sites for hydroxylation is 2. The van der Waals surface area contributed by atoms with E-state index in [1.807, 2.05) is 26.4 Å². The van der Waals surface area contributed by atoms with Gasteiger partial charge in [0.1, 0.15) is 23.8 Å². The molecule has 4 rings (SSSR count). The van der Waals surface area contributed by atoms with E-state index in [-0.39, 0.29) is 12.1 Å². The molecule has 0 unspecified atom stereocenters. The van der Waals surface area contributed by atoms with E-state index in [0.717, 1.165) is 43.3 Å². The van der Waals surface area contributed by atoms with Crippen LogP contribution in [0.1, 0.15) is 29.9 Å². The molecule has 2 aromatic heterocycles. The summed E-state index contributed by atoms with van der Waals surface area (Å²) in [5.74, 6) is 2.37. The predicted molar refractivity (Wildman–Crippen MR) is 104 cm³/mol. The van der Waals surface area contributed by atoms with E-state index in [0.29, 0.717) is 13.1 Å². The molecule has 144 valence electrons. The Balaban J connectivity index is 1.44. The highest BCUT2D eigenvalue weighted by atomic mass is 16.3. The average Bonchev–Trinajstić information content (AvgIpc) is 3.25. The highest BCUT2D eigenvalue weighted by Gasteiger charge is 2.32. The molecule has 1 aliphatic heterocycles. The van der Waals surface area contributed by atoms with E-state index in [9.17, 15) is 5.11 Å². The Morgan fingerprint density at radius 2 is 2.15 bits per heavy atom. The minimum absolute atomic E-state index is 0.248. The Bertz CT molecular complexity index is 797. The van der Waals surface area contributed by atoms with Crippen molar-refractivity contribution < 1.29 is 5.11 Å². The molecule has 0 radical (unpaired) electrons. The second kappa shape index (κ2) is 7.74. The first-order valence-electron chi connectivity index (χ1n) is 9.57. The Labute approximate surface area is 159 Å². The fraction of sp³-hybridized carbons (Fsp3) is 0.579. The molecule has 2 aliphatic rings. The van der Waals surface area contributed by atoms with Gasteiger partial charge >= 0.3 is 0 Å². The number of aliphatic hydroxyl groups excluding tert-OH is 1. The van der Waals surface area contributed by atoms with Crippen molar-refractivity contribution in [2.45, 2.75) is 44.4 Å². The Hall–Kier alpha value is -2.32. The first kappa shape index (κ1) is 18.1. The SMILES string of the molecule is CN(C)C[C@H]1C[C@@H](O)CN1c1cc(NCc2ncc3c(n2)CCC3)ncn1. The number of nitrogens with one attached hydrogen (secondary N) is 1. The smallest absolute Gasteiger partial charge is 0.147 e. The zero-order chi connectivity index (χ0) is 18.8. The first-order chi connectivity index (χ1) is 13.1. The van der Waals surface area contributed by atoms with Gasteiger partial charge in [-0.3, -0.25) is 0 Å². The summed E-state index contributed by atoms with van der Waals surface area (Å²) in [5, 5.41) is 13.4. The molecule has 0 aromatic carbocycles. The van der Waals surface area contributed by atoms with Gasteiger partial charge in [-0.05, 0) is 45.3 Å². The maximum atomic E-state index is 10.1. The van der Waals surface area contributed by atoms with Gasteiger partial charge in [0.15, 0.2) is 0 Å². The molecule has 0 bridgehead atoms. The van der Waals surface area contributed by atoms with Crippen molar-refractivity contribution in [2.75, 3.05) is 37.4 Å². The number of nitrogens with zero attached hydrogens (tertiary/aromatic N) is 6. The number of rotatable bonds is 6. The molecular formula is C19H27N7O. The van der Waals surface area contributed by atoms with Crippen LogP contribution >= 0.6 is 0 Å². The summed E-state index contributed by atoms with van der Waals surface area (Å²) in [6.07, 6.45) is 7.27. The number of hydrogen-bond acceptors (Lipinski definition) is 8. The fourth-order valence-electron chi connectivity index (χ4n) is 3.98. The lowest BCUT2D eigenvalue weighted by molar-refractivity contribution is 0.191. The summed E-state index contributed by atoms with van der Waals surface area (Å²) in [7, 11) is 4.10. The molecule has 8 nitrogen and oxygen atoms in total. The Morgan fingerprint density at radius 1 is 1.26 bits per heavy atom. The molecule has 0 saturated carbocycles. The average molecular weight is 369 g/mol. The summed E-state index contributed by atoms with van der Waals surface area (Å²) < 4.78 is 0. The zero-order valence-corrected chi connectivity index (χ0v) is 16.0. The van der Waals surface area contributed by atoms with E-state index >= 15 is 0 Å². The maximum absolute atomic E-state index is 10.1. The van der Waals surface area contributed by atoms with Crippen LogP contribution in [0.4, 0.5) is 11.6 Å². The van der Waals surface area contributed by atoms with Gasteiger partial charge in [0.2, 0.25) is 0 Å². The van der Waals surface area contributed by atoms with E-state index in [2.05, 4.69) is 35.1 Å². The third kappa shape index (κ3) is 4.17. The molecule has 2 N–H and O–H groups in total. The lowest BCUT2D eigenvalue weighted by atomic mass is 10.2. The predicted octanol–water partition coefficient (Wildman–Crippen LogP) is 0.869. The van der Waals surface area contributed by atoms with Crippen molar-refractivity contribution in [1.82, 2.24) is 24.8 Å². The molecule has 3 heterocycles. The van der Waals surface area contributed by atoms with Crippen LogP contribution in [-0.4, -0.2) is 69.3 Å². The number of β-amino-alcohol motifs (C(OH)–C–C–N with tert-alkyl or cyclic N) is 1. The number of likely N-dealkylation sites (N-methyl/N-ethyl adjacent to an activating group) is 1. The summed E-state index contributed by atoms with van der Waals surface area (Å²) >= 11 is 0. The van der Waals surface area contributed by atoms with Crippen molar-refractivity contribution in [1.29, 1.82) is 0 Å². The van der Waals surface area contributed by atoms with Crippen LogP contribution in [0, 0.1) is 0 Å². The summed E-state index contributed by atoms with van der Waals surface area (Å²) in [5.41, 5.74) is 2.46. The van der Waals surface area contributed by atoms with Gasteiger partial charge in [0, 0.05) is 37.1 Å². The number of aliphatic hydroxyl groups is 1. The topological polar surface area (TPSA) is 90.3 Å². The first-order valence-corrected chi connectivity index (χ1v) is 9.57. The number of anilines is 2. The third-order valence-electron chi connectivity index (χ3n) is 5.21. The highest BCUT2D eigenvalue weighted by Crippen LogP contribution is 2.26. The summed E-state index contributed by atoms with van der Waals surface area (Å²) in [4.78, 5) is 22.2. The molecular weight excluding hydrogens is 342 g/mol. The zero-order valence-electron chi connectivity index (χ0n) is 16.0. The number of fused-ring (bicyclic) bond motifs is 1. The lowest BCUT2D eigenvalue weighted by Gasteiger charge is -2.27. The Morgan fingerprint density at radius 3 is 3.00 bits per heavy atom. The van der Waals surface area contributed by atoms with Crippen LogP contribution in [0.2, 0.25) is 0 Å². The largest absolute Gasteiger partial charge is 0.391 e. The minimum atomic E-state index is -0.318. The van der Waals surface area contributed by atoms with Crippen LogP contribution in [0.25, 0.3) is 0 Å². The normalized spacial score (nSPS) is 21.7. The van der Waals surface area contributed by atoms with Gasteiger partial charge in [0.25, 0.3) is 0 Å². The van der Waals surface area contributed by atoms with Crippen LogP contribution < -0.4 is 10.2 Å². The second-order valence-corrected chi connectivity index (χ2v) is 7.68. The standard InChI is InChI=1S/C19H27N7O/c1-25(2)10-14-6-15(27)11-26(14)19-7-17(22-12-23-19)21-9-18-20-8-13-4-3-5-16(13)24-18/h7-8,12,14-15,27H,3-6,9-11H2,1-2H3,(H,21,22,23)/t14-,15-/m1/s1. The van der Waals surface area contributed by atoms with Gasteiger partial charge in [-0.2, -0.15) is 0 Å². The van der Waals surface area contributed by atoms with Crippen LogP contribution in [0.15, 0.2) is 18.6 Å². The summed E-state index contributed by atoms with van der Waals surface area (Å²) in [6.45, 7) is 2.02. The molecule has 1 aliphatic carbocycles. The van der Waals surface area contributed by atoms with E-state index in [1.165, 1.54) is 17.7 Å². The third-order valence-corrected chi connectivity index (χ3v) is 5.21. The second-order valence-electron chi connectivity index (χ2n) is 7.68. The molecule has 0 spiro atoms. The molecule has 0 amide bonds. The van der Waals surface area contributed by atoms with Crippen LogP contribution in [0.5, 0.6) is 0 Å². The number of hydrogen-bond donors (Lipinski definition) is 2. The van der Waals surface area contributed by atoms with E-state index in [4.69, 9.17) is 0 Å². The minimum Gasteiger partial charge on any atom is -0.391 e. The molecule has 2 atom stereocenters. The molecule has 1 saturated heterocycles. The van der Waals surface area contributed by atoms with Gasteiger partial charge in [-0.25, -0.2) is 19.9 Å². The monoisotopic (exact) mass is 369 g/mol. The highest BCUT2D eigenvalue weighted by molar-refractivity contribution is 5.50. The van der Waals surface area contributed by atoms with Gasteiger partial charge in [-0.15, -0.1) is 0 Å². The van der Waals surface area contributed by atoms with Crippen LogP contribution in [0.3, 0.4) is 0 Å². The van der Waals surface area contributed by atoms with Crippen molar-refractivity contribution >= 4 is 11.6 Å². The van der Waals surface area contributed by atoms with E-state index in [1.54, 1.807) is 6.33 Å².